The van der Waals surface area contributed by atoms with Crippen molar-refractivity contribution in [1.29, 1.82) is 5.26 Å². The minimum absolute atomic E-state index is 0.116. The number of aryl methyl sites for hydroxylation is 2. The maximum absolute atomic E-state index is 8.40. The molecule has 13 heavy (non-hydrogen) atoms. The third-order valence-electron chi connectivity index (χ3n) is 2.15. The first kappa shape index (κ1) is 9.60. The molecule has 0 fully saturated rings. The number of benzene rings is 1. The summed E-state index contributed by atoms with van der Waals surface area (Å²) in [6, 6.07) is 6.04. The standard InChI is InChI=1S/C11H13NO/c1-8-4-5-9(2)11(10(8)3)13-7-6-12/h4-5H,7H2,1-3H3. The molecule has 0 spiro atoms. The Balaban J connectivity index is 3.04. The van der Waals surface area contributed by atoms with E-state index >= 15 is 0 Å². The van der Waals surface area contributed by atoms with Gasteiger partial charge in [0.1, 0.15) is 11.8 Å². The van der Waals surface area contributed by atoms with E-state index < -0.39 is 0 Å². The molecule has 1 aromatic carbocycles. The summed E-state index contributed by atoms with van der Waals surface area (Å²) >= 11 is 0. The quantitative estimate of drug-likeness (QED) is 0.691. The lowest BCUT2D eigenvalue weighted by atomic mass is 10.1. The largest absolute Gasteiger partial charge is 0.478 e. The van der Waals surface area contributed by atoms with Crippen molar-refractivity contribution in [2.75, 3.05) is 6.61 Å². The Bertz CT molecular complexity index is 350. The zero-order chi connectivity index (χ0) is 9.84. The lowest BCUT2D eigenvalue weighted by Crippen LogP contribution is -1.99. The molecule has 68 valence electrons. The fourth-order valence-electron chi connectivity index (χ4n) is 1.25. The third-order valence-corrected chi connectivity index (χ3v) is 2.15. The SMILES string of the molecule is Cc1ccc(C)c(OCC#N)c1C. The Hall–Kier alpha value is -1.49. The van der Waals surface area contributed by atoms with E-state index in [4.69, 9.17) is 10.00 Å². The molecule has 0 amide bonds. The van der Waals surface area contributed by atoms with Gasteiger partial charge in [0.2, 0.25) is 0 Å². The average molecular weight is 175 g/mol. The topological polar surface area (TPSA) is 33.0 Å². The molecule has 0 aliphatic carbocycles. The predicted molar refractivity (Wildman–Crippen MR) is 51.8 cm³/mol. The van der Waals surface area contributed by atoms with Gasteiger partial charge in [-0.3, -0.25) is 0 Å². The van der Waals surface area contributed by atoms with Crippen molar-refractivity contribution in [1.82, 2.24) is 0 Å². The van der Waals surface area contributed by atoms with Crippen LogP contribution in [0.3, 0.4) is 0 Å². The van der Waals surface area contributed by atoms with Crippen molar-refractivity contribution in [3.05, 3.63) is 28.8 Å². The second kappa shape index (κ2) is 3.95. The molecule has 0 unspecified atom stereocenters. The lowest BCUT2D eigenvalue weighted by Gasteiger charge is -2.11. The molecule has 0 radical (unpaired) electrons. The van der Waals surface area contributed by atoms with E-state index in [1.54, 1.807) is 0 Å². The molecule has 0 saturated heterocycles. The van der Waals surface area contributed by atoms with Crippen LogP contribution >= 0.6 is 0 Å². The van der Waals surface area contributed by atoms with Crippen LogP contribution in [0.5, 0.6) is 5.75 Å². The highest BCUT2D eigenvalue weighted by Crippen LogP contribution is 2.25. The Kier molecular flexibility index (Phi) is 2.92. The average Bonchev–Trinajstić information content (AvgIpc) is 2.12. The molecule has 1 aromatic rings. The molecule has 0 aliphatic rings. The Labute approximate surface area is 78.8 Å². The first-order valence-electron chi connectivity index (χ1n) is 4.23. The van der Waals surface area contributed by atoms with Crippen LogP contribution in [-0.4, -0.2) is 6.61 Å². The van der Waals surface area contributed by atoms with Crippen molar-refractivity contribution in [3.63, 3.8) is 0 Å². The molecule has 0 aromatic heterocycles. The van der Waals surface area contributed by atoms with Crippen molar-refractivity contribution in [2.24, 2.45) is 0 Å². The molecule has 2 nitrogen and oxygen atoms in total. The number of nitriles is 1. The van der Waals surface area contributed by atoms with Crippen LogP contribution in [0.15, 0.2) is 12.1 Å². The molecule has 0 aliphatic heterocycles. The summed E-state index contributed by atoms with van der Waals surface area (Å²) in [6.45, 7) is 6.15. The molecule has 0 bridgehead atoms. The van der Waals surface area contributed by atoms with Gasteiger partial charge in [0.25, 0.3) is 0 Å². The summed E-state index contributed by atoms with van der Waals surface area (Å²) < 4.78 is 5.34. The van der Waals surface area contributed by atoms with Crippen LogP contribution in [0.2, 0.25) is 0 Å². The van der Waals surface area contributed by atoms with Gasteiger partial charge in [0.15, 0.2) is 6.61 Å². The van der Waals surface area contributed by atoms with Crippen LogP contribution in [-0.2, 0) is 0 Å². The van der Waals surface area contributed by atoms with Crippen molar-refractivity contribution in [3.8, 4) is 11.8 Å². The summed E-state index contributed by atoms with van der Waals surface area (Å²) in [5, 5.41) is 8.40. The highest BCUT2D eigenvalue weighted by atomic mass is 16.5. The molecule has 1 rings (SSSR count). The molecular weight excluding hydrogens is 162 g/mol. The van der Waals surface area contributed by atoms with E-state index in [0.29, 0.717) is 0 Å². The second-order valence-electron chi connectivity index (χ2n) is 3.10. The van der Waals surface area contributed by atoms with Crippen LogP contribution < -0.4 is 4.74 Å². The molecular formula is C11H13NO. The normalized spacial score (nSPS) is 9.38. The predicted octanol–water partition coefficient (Wildman–Crippen LogP) is 2.51. The molecule has 2 heteroatoms. The number of ether oxygens (including phenoxy) is 1. The lowest BCUT2D eigenvalue weighted by molar-refractivity contribution is 0.362. The molecule has 0 N–H and O–H groups in total. The van der Waals surface area contributed by atoms with Gasteiger partial charge in [-0.15, -0.1) is 0 Å². The van der Waals surface area contributed by atoms with E-state index in [1.165, 1.54) is 5.56 Å². The maximum atomic E-state index is 8.40. The van der Waals surface area contributed by atoms with Crippen LogP contribution in [0.25, 0.3) is 0 Å². The smallest absolute Gasteiger partial charge is 0.174 e. The Morgan fingerprint density at radius 3 is 2.46 bits per heavy atom. The van der Waals surface area contributed by atoms with Gasteiger partial charge < -0.3 is 4.74 Å². The highest BCUT2D eigenvalue weighted by Gasteiger charge is 2.05. The van der Waals surface area contributed by atoms with Gasteiger partial charge in [0.05, 0.1) is 0 Å². The van der Waals surface area contributed by atoms with E-state index in [-0.39, 0.29) is 6.61 Å². The summed E-state index contributed by atoms with van der Waals surface area (Å²) in [4.78, 5) is 0. The summed E-state index contributed by atoms with van der Waals surface area (Å²) in [6.07, 6.45) is 0. The minimum atomic E-state index is 0.116. The van der Waals surface area contributed by atoms with E-state index in [9.17, 15) is 0 Å². The van der Waals surface area contributed by atoms with Crippen molar-refractivity contribution >= 4 is 0 Å². The van der Waals surface area contributed by atoms with Gasteiger partial charge >= 0.3 is 0 Å². The van der Waals surface area contributed by atoms with Crippen LogP contribution in [0, 0.1) is 32.1 Å². The first-order valence-corrected chi connectivity index (χ1v) is 4.23. The van der Waals surface area contributed by atoms with Gasteiger partial charge in [-0.05, 0) is 37.5 Å². The zero-order valence-corrected chi connectivity index (χ0v) is 8.22. The second-order valence-corrected chi connectivity index (χ2v) is 3.10. The third kappa shape index (κ3) is 2.00. The highest BCUT2D eigenvalue weighted by molar-refractivity contribution is 5.44. The van der Waals surface area contributed by atoms with Crippen molar-refractivity contribution < 1.29 is 4.74 Å². The first-order chi connectivity index (χ1) is 6.16. The number of hydrogen-bond donors (Lipinski definition) is 0. The van der Waals surface area contributed by atoms with E-state index in [2.05, 4.69) is 6.07 Å². The number of rotatable bonds is 2. The van der Waals surface area contributed by atoms with Gasteiger partial charge in [0, 0.05) is 0 Å². The minimum Gasteiger partial charge on any atom is -0.478 e. The van der Waals surface area contributed by atoms with Gasteiger partial charge in [-0.25, -0.2) is 0 Å². The summed E-state index contributed by atoms with van der Waals surface area (Å²) in [7, 11) is 0. The summed E-state index contributed by atoms with van der Waals surface area (Å²) in [5.41, 5.74) is 3.40. The Morgan fingerprint density at radius 2 is 1.85 bits per heavy atom. The van der Waals surface area contributed by atoms with Gasteiger partial charge in [-0.1, -0.05) is 12.1 Å². The number of nitrogens with zero attached hydrogens (tertiary/aromatic N) is 1. The fourth-order valence-corrected chi connectivity index (χ4v) is 1.25. The van der Waals surface area contributed by atoms with E-state index in [0.717, 1.165) is 16.9 Å². The molecule has 0 atom stereocenters. The monoisotopic (exact) mass is 175 g/mol. The maximum Gasteiger partial charge on any atom is 0.174 e. The van der Waals surface area contributed by atoms with Crippen LogP contribution in [0.4, 0.5) is 0 Å². The van der Waals surface area contributed by atoms with Gasteiger partial charge in [-0.2, -0.15) is 5.26 Å². The summed E-state index contributed by atoms with van der Waals surface area (Å²) in [5.74, 6) is 0.849. The van der Waals surface area contributed by atoms with Crippen molar-refractivity contribution in [2.45, 2.75) is 20.8 Å². The number of hydrogen-bond acceptors (Lipinski definition) is 2. The fraction of sp³-hybridized carbons (Fsp3) is 0.364. The molecule has 0 saturated carbocycles. The molecule has 0 heterocycles. The Morgan fingerprint density at radius 1 is 1.23 bits per heavy atom. The zero-order valence-electron chi connectivity index (χ0n) is 8.22. The van der Waals surface area contributed by atoms with Crippen LogP contribution in [0.1, 0.15) is 16.7 Å². The van der Waals surface area contributed by atoms with E-state index in [1.807, 2.05) is 32.9 Å².